The highest BCUT2D eigenvalue weighted by atomic mass is 35.5. The fourth-order valence-corrected chi connectivity index (χ4v) is 3.74. The molecule has 0 aromatic heterocycles. The first-order chi connectivity index (χ1) is 13.4. The van der Waals surface area contributed by atoms with E-state index < -0.39 is 17.5 Å². The molecular weight excluding hydrogens is 456 g/mol. The van der Waals surface area contributed by atoms with E-state index >= 15 is 0 Å². The van der Waals surface area contributed by atoms with Gasteiger partial charge in [-0.25, -0.2) is 0 Å². The second-order valence-corrected chi connectivity index (χ2v) is 8.79. The van der Waals surface area contributed by atoms with Gasteiger partial charge < -0.3 is 4.74 Å². The first kappa shape index (κ1) is 23.6. The summed E-state index contributed by atoms with van der Waals surface area (Å²) in [6, 6.07) is 7.69. The Morgan fingerprint density at radius 1 is 1.03 bits per heavy atom. The van der Waals surface area contributed by atoms with Crippen LogP contribution in [-0.4, -0.2) is 24.0 Å². The molecule has 2 rings (SSSR count). The number of esters is 1. The molecule has 0 atom stereocenters. The number of benzene rings is 2. The summed E-state index contributed by atoms with van der Waals surface area (Å²) in [4.78, 5) is 27.0. The zero-order chi connectivity index (χ0) is 21.9. The molecular formula is C21H19Cl4NO3. The second kappa shape index (κ2) is 9.40. The Kier molecular flexibility index (Phi) is 7.63. The molecule has 0 bridgehead atoms. The summed E-state index contributed by atoms with van der Waals surface area (Å²) in [7, 11) is 0. The van der Waals surface area contributed by atoms with Crippen LogP contribution >= 0.6 is 46.4 Å². The van der Waals surface area contributed by atoms with Gasteiger partial charge in [-0.3, -0.25) is 14.5 Å². The lowest BCUT2D eigenvalue weighted by Gasteiger charge is -2.26. The molecule has 1 amide bonds. The maximum atomic E-state index is 13.3. The van der Waals surface area contributed by atoms with Gasteiger partial charge in [0, 0.05) is 15.7 Å². The van der Waals surface area contributed by atoms with Gasteiger partial charge in [0.2, 0.25) is 0 Å². The van der Waals surface area contributed by atoms with Crippen LogP contribution in [0.25, 0.3) is 6.08 Å². The number of anilines is 1. The topological polar surface area (TPSA) is 46.6 Å². The molecule has 8 heteroatoms. The number of rotatable bonds is 5. The Hall–Kier alpha value is -1.72. The number of carbonyl (C=O) groups is 2. The van der Waals surface area contributed by atoms with Gasteiger partial charge in [-0.1, -0.05) is 65.1 Å². The van der Waals surface area contributed by atoms with Gasteiger partial charge in [-0.2, -0.15) is 0 Å². The van der Waals surface area contributed by atoms with Crippen molar-refractivity contribution in [2.24, 2.45) is 0 Å². The summed E-state index contributed by atoms with van der Waals surface area (Å²) in [5.74, 6) is -1.19. The lowest BCUT2D eigenvalue weighted by atomic mass is 10.1. The minimum atomic E-state index is -0.717. The quantitative estimate of drug-likeness (QED) is 0.441. The lowest BCUT2D eigenvalue weighted by molar-refractivity contribution is -0.152. The molecule has 0 heterocycles. The first-order valence-electron chi connectivity index (χ1n) is 8.53. The molecule has 0 saturated heterocycles. The molecule has 0 aliphatic rings. The second-order valence-electron chi connectivity index (χ2n) is 7.13. The Morgan fingerprint density at radius 3 is 2.10 bits per heavy atom. The number of hydrogen-bond donors (Lipinski definition) is 0. The molecule has 2 aromatic rings. The highest BCUT2D eigenvalue weighted by Crippen LogP contribution is 2.32. The predicted octanol–water partition coefficient (Wildman–Crippen LogP) is 6.93. The van der Waals surface area contributed by atoms with Crippen molar-refractivity contribution in [2.45, 2.75) is 26.4 Å². The summed E-state index contributed by atoms with van der Waals surface area (Å²) in [5, 5.41) is 0.785. The molecule has 0 radical (unpaired) electrons. The van der Waals surface area contributed by atoms with Crippen molar-refractivity contribution in [3.63, 3.8) is 0 Å². The number of halogens is 4. The largest absolute Gasteiger partial charge is 0.459 e. The third kappa shape index (κ3) is 6.13. The normalized spacial score (nSPS) is 11.1. The third-order valence-corrected chi connectivity index (χ3v) is 4.83. The molecule has 0 spiro atoms. The highest BCUT2D eigenvalue weighted by Gasteiger charge is 2.28. The Bertz CT molecular complexity index is 944. The molecule has 0 aliphatic heterocycles. The summed E-state index contributed by atoms with van der Waals surface area (Å²) in [6.07, 6.45) is 1.58. The van der Waals surface area contributed by atoms with Crippen LogP contribution in [-0.2, 0) is 9.53 Å². The number of carbonyl (C=O) groups excluding carboxylic acids is 2. The van der Waals surface area contributed by atoms with Gasteiger partial charge in [0.15, 0.2) is 0 Å². The van der Waals surface area contributed by atoms with Crippen molar-refractivity contribution < 1.29 is 14.3 Å². The molecule has 2 aromatic carbocycles. The third-order valence-electron chi connectivity index (χ3n) is 3.69. The first-order valence-corrected chi connectivity index (χ1v) is 10.0. The van der Waals surface area contributed by atoms with Gasteiger partial charge in [0.25, 0.3) is 5.91 Å². The van der Waals surface area contributed by atoms with E-state index in [-0.39, 0.29) is 27.2 Å². The number of ether oxygens (including phenoxy) is 1. The SMILES string of the molecule is C=Cc1ccc(N(CC(=O)OC(C)(C)C)C(=O)c2c(Cl)cc(Cl)cc2Cl)cc1Cl. The van der Waals surface area contributed by atoms with Crippen LogP contribution in [0.5, 0.6) is 0 Å². The molecule has 0 fully saturated rings. The molecule has 4 nitrogen and oxygen atoms in total. The summed E-state index contributed by atoms with van der Waals surface area (Å²) < 4.78 is 5.36. The highest BCUT2D eigenvalue weighted by molar-refractivity contribution is 6.43. The average molecular weight is 475 g/mol. The van der Waals surface area contributed by atoms with E-state index in [1.807, 2.05) is 0 Å². The van der Waals surface area contributed by atoms with Crippen LogP contribution < -0.4 is 4.90 Å². The van der Waals surface area contributed by atoms with E-state index in [9.17, 15) is 9.59 Å². The molecule has 0 N–H and O–H groups in total. The van der Waals surface area contributed by atoms with E-state index in [0.717, 1.165) is 0 Å². The van der Waals surface area contributed by atoms with Crippen LogP contribution in [0.3, 0.4) is 0 Å². The number of nitrogens with zero attached hydrogens (tertiary/aromatic N) is 1. The smallest absolute Gasteiger partial charge is 0.326 e. The number of amides is 1. The van der Waals surface area contributed by atoms with Crippen LogP contribution in [0.2, 0.25) is 20.1 Å². The number of hydrogen-bond acceptors (Lipinski definition) is 3. The van der Waals surface area contributed by atoms with Crippen molar-refractivity contribution in [1.82, 2.24) is 0 Å². The van der Waals surface area contributed by atoms with Crippen LogP contribution in [0.4, 0.5) is 5.69 Å². The maximum absolute atomic E-state index is 13.3. The van der Waals surface area contributed by atoms with Crippen molar-refractivity contribution in [3.05, 3.63) is 68.1 Å². The van der Waals surface area contributed by atoms with Crippen molar-refractivity contribution >= 4 is 70.0 Å². The van der Waals surface area contributed by atoms with E-state index in [0.29, 0.717) is 16.3 Å². The lowest BCUT2D eigenvalue weighted by Crippen LogP contribution is -2.39. The van der Waals surface area contributed by atoms with Gasteiger partial charge >= 0.3 is 5.97 Å². The van der Waals surface area contributed by atoms with Gasteiger partial charge in [-0.15, -0.1) is 0 Å². The van der Waals surface area contributed by atoms with Crippen LogP contribution in [0, 0.1) is 0 Å². The summed E-state index contributed by atoms with van der Waals surface area (Å²) in [6.45, 7) is 8.52. The zero-order valence-electron chi connectivity index (χ0n) is 16.1. The van der Waals surface area contributed by atoms with Crippen LogP contribution in [0.1, 0.15) is 36.7 Å². The van der Waals surface area contributed by atoms with E-state index in [4.69, 9.17) is 51.1 Å². The Balaban J connectivity index is 2.52. The van der Waals surface area contributed by atoms with Crippen molar-refractivity contribution in [1.29, 1.82) is 0 Å². The molecule has 29 heavy (non-hydrogen) atoms. The molecule has 0 unspecified atom stereocenters. The van der Waals surface area contributed by atoms with E-state index in [2.05, 4.69) is 6.58 Å². The minimum absolute atomic E-state index is 0.0187. The summed E-state index contributed by atoms with van der Waals surface area (Å²) >= 11 is 24.6. The molecule has 154 valence electrons. The fourth-order valence-electron chi connectivity index (χ4n) is 2.51. The van der Waals surface area contributed by atoms with Gasteiger partial charge in [-0.05, 0) is 50.6 Å². The predicted molar refractivity (Wildman–Crippen MR) is 121 cm³/mol. The van der Waals surface area contributed by atoms with Crippen molar-refractivity contribution in [3.8, 4) is 0 Å². The average Bonchev–Trinajstić information content (AvgIpc) is 2.57. The van der Waals surface area contributed by atoms with E-state index in [1.165, 1.54) is 17.0 Å². The van der Waals surface area contributed by atoms with Gasteiger partial charge in [0.1, 0.15) is 12.1 Å². The summed E-state index contributed by atoms with van der Waals surface area (Å²) in [5.41, 5.74) is 0.359. The minimum Gasteiger partial charge on any atom is -0.459 e. The fraction of sp³-hybridized carbons (Fsp3) is 0.238. The Labute approximate surface area is 189 Å². The molecule has 0 saturated carbocycles. The maximum Gasteiger partial charge on any atom is 0.326 e. The van der Waals surface area contributed by atoms with Crippen LogP contribution in [0.15, 0.2) is 36.9 Å². The monoisotopic (exact) mass is 473 g/mol. The zero-order valence-corrected chi connectivity index (χ0v) is 19.1. The van der Waals surface area contributed by atoms with Crippen molar-refractivity contribution in [2.75, 3.05) is 11.4 Å². The van der Waals surface area contributed by atoms with Gasteiger partial charge in [0.05, 0.1) is 15.6 Å². The molecule has 0 aliphatic carbocycles. The standard InChI is InChI=1S/C21H19Cl4NO3/c1-5-12-6-7-14(10-15(12)23)26(11-18(27)29-21(2,3)4)20(28)19-16(24)8-13(22)9-17(19)25/h5-10H,1,11H2,2-4H3. The van der Waals surface area contributed by atoms with E-state index in [1.54, 1.807) is 45.0 Å². The Morgan fingerprint density at radius 2 is 1.62 bits per heavy atom.